The molecule has 3 aliphatic heterocycles. The molecule has 2 saturated heterocycles. The first-order valence-electron chi connectivity index (χ1n) is 12.5. The fraction of sp³-hybridized carbons (Fsp3) is 0.500. The fourth-order valence-electron chi connectivity index (χ4n) is 4.34. The summed E-state index contributed by atoms with van der Waals surface area (Å²) in [5.41, 5.74) is -1.68. The molecule has 3 aliphatic rings. The quantitative estimate of drug-likeness (QED) is 0.213. The van der Waals surface area contributed by atoms with Crippen LogP contribution < -0.4 is 5.32 Å². The molecular formula is C24H29N7O9S2. The lowest BCUT2D eigenvalue weighted by Crippen LogP contribution is -2.74. The summed E-state index contributed by atoms with van der Waals surface area (Å²) < 4.78 is 10.1. The number of carbonyl (C=O) groups excluding carboxylic acids is 5. The Bertz CT molecular complexity index is 1400. The average Bonchev–Trinajstić information content (AvgIpc) is 3.49. The zero-order valence-electron chi connectivity index (χ0n) is 23.3. The first-order chi connectivity index (χ1) is 19.6. The summed E-state index contributed by atoms with van der Waals surface area (Å²) in [5.74, 6) is -3.74. The maximum absolute atomic E-state index is 13.8. The topological polar surface area (TPSA) is 203 Å². The summed E-state index contributed by atoms with van der Waals surface area (Å²) >= 11 is 2.08. The van der Waals surface area contributed by atoms with Gasteiger partial charge in [0.1, 0.15) is 34.7 Å². The van der Waals surface area contributed by atoms with Crippen molar-refractivity contribution in [2.75, 3.05) is 37.8 Å². The third-order valence-corrected chi connectivity index (χ3v) is 8.26. The Morgan fingerprint density at radius 1 is 1.24 bits per heavy atom. The van der Waals surface area contributed by atoms with Gasteiger partial charge in [-0.1, -0.05) is 0 Å². The summed E-state index contributed by atoms with van der Waals surface area (Å²) in [6.07, 6.45) is -0.779. The molecule has 3 N–H and O–H groups in total. The number of carboxylic acids is 1. The molecule has 0 saturated carbocycles. The number of nitrogens with zero attached hydrogens (tertiary/aromatic N) is 5. The number of hydrazine groups is 1. The highest BCUT2D eigenvalue weighted by molar-refractivity contribution is 8.00. The lowest BCUT2D eigenvalue weighted by atomic mass is 10.0. The van der Waals surface area contributed by atoms with E-state index in [2.05, 4.69) is 10.3 Å². The molecule has 2 unspecified atom stereocenters. The molecule has 42 heavy (non-hydrogen) atoms. The van der Waals surface area contributed by atoms with Crippen molar-refractivity contribution in [3.05, 3.63) is 22.3 Å². The third-order valence-electron chi connectivity index (χ3n) is 6.18. The smallest absolute Gasteiger partial charge is 0.413 e. The van der Waals surface area contributed by atoms with Crippen molar-refractivity contribution >= 4 is 69.8 Å². The summed E-state index contributed by atoms with van der Waals surface area (Å²) in [6.45, 7) is 6.18. The summed E-state index contributed by atoms with van der Waals surface area (Å²) in [5, 5.41) is 23.4. The number of carboxylic acid groups (broad SMARTS) is 1. The first kappa shape index (κ1) is 30.8. The number of carbonyl (C=O) groups is 6. The maximum atomic E-state index is 13.8. The number of ether oxygens (including phenoxy) is 2. The van der Waals surface area contributed by atoms with Crippen molar-refractivity contribution in [2.45, 2.75) is 44.7 Å². The lowest BCUT2D eigenvalue weighted by molar-refractivity contribution is -0.169. The van der Waals surface area contributed by atoms with Gasteiger partial charge in [0.2, 0.25) is 0 Å². The zero-order chi connectivity index (χ0) is 31.1. The van der Waals surface area contributed by atoms with E-state index < -0.39 is 58.6 Å². The number of thioether (sulfide) groups is 1. The number of hydrogen-bond donors (Lipinski definition) is 3. The van der Waals surface area contributed by atoms with Crippen LogP contribution in [0.25, 0.3) is 0 Å². The molecule has 16 nitrogen and oxygen atoms in total. The SMILES string of the molecule is CC(=O)OCC1=C(C(=O)O)N2C(=O)C(N(C(=O)C(=N)c3csc(NC(=O)OC(C)(C)C)n3)N3CCN(C)C3=O)C2SC1. The van der Waals surface area contributed by atoms with Gasteiger partial charge in [0.05, 0.1) is 6.54 Å². The Hall–Kier alpha value is -4.19. The van der Waals surface area contributed by atoms with Gasteiger partial charge < -0.3 is 19.5 Å². The molecule has 0 radical (unpaired) electrons. The molecule has 0 bridgehead atoms. The van der Waals surface area contributed by atoms with Crippen molar-refractivity contribution in [3.63, 3.8) is 0 Å². The van der Waals surface area contributed by atoms with Gasteiger partial charge in [0.25, 0.3) is 11.8 Å². The molecule has 0 spiro atoms. The Balaban J connectivity index is 1.61. The van der Waals surface area contributed by atoms with Gasteiger partial charge in [0, 0.05) is 37.2 Å². The molecule has 0 aliphatic carbocycles. The minimum Gasteiger partial charge on any atom is -0.477 e. The standard InChI is InChI=1S/C24H29N7O9S2/c1-11(32)39-8-12-9-41-19-16(18(34)30(19)15(12)20(35)36)31(29-7-6-28(5)23(29)38)17(33)14(25)13-10-42-21(26-13)27-22(37)40-24(2,3)4/h10,16,19,25H,6-9H2,1-5H3,(H,35,36)(H,26,27,37). The van der Waals surface area contributed by atoms with Crippen LogP contribution in [-0.2, 0) is 28.7 Å². The van der Waals surface area contributed by atoms with Crippen LogP contribution in [0.15, 0.2) is 16.7 Å². The Morgan fingerprint density at radius 3 is 2.50 bits per heavy atom. The molecule has 2 fully saturated rings. The third kappa shape index (κ3) is 6.03. The number of amides is 5. The Labute approximate surface area is 248 Å². The van der Waals surface area contributed by atoms with Crippen LogP contribution in [-0.4, -0.2) is 121 Å². The van der Waals surface area contributed by atoms with E-state index in [1.165, 1.54) is 24.3 Å². The van der Waals surface area contributed by atoms with Crippen molar-refractivity contribution in [1.82, 2.24) is 24.8 Å². The molecule has 1 aromatic rings. The van der Waals surface area contributed by atoms with Crippen LogP contribution in [0, 0.1) is 5.41 Å². The summed E-state index contributed by atoms with van der Waals surface area (Å²) in [7, 11) is 1.52. The highest BCUT2D eigenvalue weighted by Crippen LogP contribution is 2.43. The van der Waals surface area contributed by atoms with Crippen molar-refractivity contribution in [1.29, 1.82) is 5.41 Å². The van der Waals surface area contributed by atoms with E-state index in [1.807, 2.05) is 0 Å². The van der Waals surface area contributed by atoms with Crippen molar-refractivity contribution < 1.29 is 43.3 Å². The molecule has 0 aromatic carbocycles. The van der Waals surface area contributed by atoms with Gasteiger partial charge in [0.15, 0.2) is 11.2 Å². The summed E-state index contributed by atoms with van der Waals surface area (Å²) in [4.78, 5) is 82.2. The number of hydrogen-bond acceptors (Lipinski definition) is 12. The Morgan fingerprint density at radius 2 is 1.93 bits per heavy atom. The average molecular weight is 624 g/mol. The first-order valence-corrected chi connectivity index (χ1v) is 14.5. The largest absolute Gasteiger partial charge is 0.477 e. The number of nitrogens with one attached hydrogen (secondary N) is 2. The number of urea groups is 1. The number of fused-ring (bicyclic) bond motifs is 1. The second-order valence-corrected chi connectivity index (χ2v) is 12.4. The molecule has 18 heteroatoms. The number of aliphatic carboxylic acids is 1. The van der Waals surface area contributed by atoms with Crippen LogP contribution in [0.2, 0.25) is 0 Å². The monoisotopic (exact) mass is 623 g/mol. The maximum Gasteiger partial charge on any atom is 0.413 e. The van der Waals surface area contributed by atoms with E-state index in [0.717, 1.165) is 38.0 Å². The molecule has 2 atom stereocenters. The number of rotatable bonds is 8. The molecule has 5 amide bonds. The van der Waals surface area contributed by atoms with Crippen LogP contribution in [0.5, 0.6) is 0 Å². The molecule has 1 aromatic heterocycles. The predicted molar refractivity (Wildman–Crippen MR) is 149 cm³/mol. The van der Waals surface area contributed by atoms with Crippen molar-refractivity contribution in [2.24, 2.45) is 0 Å². The van der Waals surface area contributed by atoms with Crippen LogP contribution in [0.4, 0.5) is 14.7 Å². The second kappa shape index (κ2) is 11.6. The molecule has 226 valence electrons. The zero-order valence-corrected chi connectivity index (χ0v) is 25.0. The van der Waals surface area contributed by atoms with Crippen LogP contribution in [0.1, 0.15) is 33.4 Å². The van der Waals surface area contributed by atoms with Crippen LogP contribution >= 0.6 is 23.1 Å². The van der Waals surface area contributed by atoms with E-state index >= 15 is 0 Å². The summed E-state index contributed by atoms with van der Waals surface area (Å²) in [6, 6.07) is -1.89. The van der Waals surface area contributed by atoms with Gasteiger partial charge in [-0.05, 0) is 20.8 Å². The van der Waals surface area contributed by atoms with Gasteiger partial charge in [-0.3, -0.25) is 30.0 Å². The highest BCUT2D eigenvalue weighted by Gasteiger charge is 2.59. The number of anilines is 1. The molecule has 4 heterocycles. The number of β-lactam (4-membered cyclic amide) rings is 1. The Kier molecular flexibility index (Phi) is 8.49. The molecular weight excluding hydrogens is 594 g/mol. The number of aromatic nitrogens is 1. The normalized spacial score (nSPS) is 20.2. The van der Waals surface area contributed by atoms with Gasteiger partial charge >= 0.3 is 24.1 Å². The van der Waals surface area contributed by atoms with Gasteiger partial charge in [-0.25, -0.2) is 29.4 Å². The van der Waals surface area contributed by atoms with E-state index in [9.17, 15) is 33.9 Å². The van der Waals surface area contributed by atoms with E-state index in [0.29, 0.717) is 0 Å². The van der Waals surface area contributed by atoms with E-state index in [1.54, 1.807) is 20.8 Å². The number of thiazole rings is 1. The highest BCUT2D eigenvalue weighted by atomic mass is 32.2. The minimum absolute atomic E-state index is 0.0391. The fourth-order valence-corrected chi connectivity index (χ4v) is 6.39. The predicted octanol–water partition coefficient (Wildman–Crippen LogP) is 1.15. The minimum atomic E-state index is -1.41. The van der Waals surface area contributed by atoms with E-state index in [4.69, 9.17) is 14.9 Å². The molecule has 4 rings (SSSR count). The second-order valence-electron chi connectivity index (χ2n) is 10.4. The van der Waals surface area contributed by atoms with E-state index in [-0.39, 0.29) is 47.5 Å². The lowest BCUT2D eigenvalue weighted by Gasteiger charge is -2.53. The van der Waals surface area contributed by atoms with Crippen molar-refractivity contribution in [3.8, 4) is 0 Å². The van der Waals surface area contributed by atoms with Crippen LogP contribution in [0.3, 0.4) is 0 Å². The number of esters is 1. The van der Waals surface area contributed by atoms with Gasteiger partial charge in [-0.15, -0.1) is 23.1 Å². The number of likely N-dealkylation sites (N-methyl/N-ethyl adjacent to an activating group) is 1. The van der Waals surface area contributed by atoms with Gasteiger partial charge in [-0.2, -0.15) is 0 Å².